The van der Waals surface area contributed by atoms with Gasteiger partial charge in [-0.15, -0.1) is 11.3 Å². The monoisotopic (exact) mass is 268 g/mol. The van der Waals surface area contributed by atoms with Crippen molar-refractivity contribution in [3.8, 4) is 6.07 Å². The average molecular weight is 268 g/mol. The summed E-state index contributed by atoms with van der Waals surface area (Å²) in [4.78, 5) is 3.97. The van der Waals surface area contributed by atoms with Crippen LogP contribution in [0.2, 0.25) is 0 Å². The summed E-state index contributed by atoms with van der Waals surface area (Å²) < 4.78 is 0. The highest BCUT2D eigenvalue weighted by Crippen LogP contribution is 2.37. The third-order valence-corrected chi connectivity index (χ3v) is 4.91. The Morgan fingerprint density at radius 3 is 2.95 bits per heavy atom. The second-order valence-electron chi connectivity index (χ2n) is 5.03. The van der Waals surface area contributed by atoms with Gasteiger partial charge >= 0.3 is 0 Å². The first-order valence-corrected chi connectivity index (χ1v) is 7.42. The summed E-state index contributed by atoms with van der Waals surface area (Å²) in [5.74, 6) is 0. The van der Waals surface area contributed by atoms with Crippen molar-refractivity contribution in [3.63, 3.8) is 0 Å². The molecule has 1 aromatic heterocycles. The fourth-order valence-corrected chi connectivity index (χ4v) is 3.85. The second kappa shape index (κ2) is 4.71. The first-order chi connectivity index (χ1) is 9.20. The molecule has 2 nitrogen and oxygen atoms in total. The Morgan fingerprint density at radius 1 is 1.37 bits per heavy atom. The smallest absolute Gasteiger partial charge is 0.0991 e. The Balaban J connectivity index is 1.98. The van der Waals surface area contributed by atoms with E-state index in [1.165, 1.54) is 21.7 Å². The normalized spacial score (nSPS) is 17.9. The van der Waals surface area contributed by atoms with E-state index in [-0.39, 0.29) is 0 Å². The van der Waals surface area contributed by atoms with E-state index in [9.17, 15) is 0 Å². The van der Waals surface area contributed by atoms with Gasteiger partial charge in [0.25, 0.3) is 0 Å². The van der Waals surface area contributed by atoms with Crippen LogP contribution in [0.15, 0.2) is 29.6 Å². The summed E-state index contributed by atoms with van der Waals surface area (Å²) in [7, 11) is 0. The molecule has 0 saturated carbocycles. The molecule has 19 heavy (non-hydrogen) atoms. The summed E-state index contributed by atoms with van der Waals surface area (Å²) in [6.45, 7) is 5.41. The van der Waals surface area contributed by atoms with E-state index in [0.717, 1.165) is 18.5 Å². The molecule has 1 aliphatic rings. The lowest BCUT2D eigenvalue weighted by molar-refractivity contribution is 0.631. The van der Waals surface area contributed by atoms with Gasteiger partial charge in [0.2, 0.25) is 0 Å². The van der Waals surface area contributed by atoms with Gasteiger partial charge in [-0.25, -0.2) is 0 Å². The minimum atomic E-state index is 0.418. The number of thiophene rings is 1. The fraction of sp³-hybridized carbons (Fsp3) is 0.312. The molecule has 1 unspecified atom stereocenters. The first kappa shape index (κ1) is 12.3. The molecule has 0 aliphatic carbocycles. The van der Waals surface area contributed by atoms with Crippen LogP contribution in [-0.2, 0) is 6.42 Å². The van der Waals surface area contributed by atoms with Crippen LogP contribution in [0.4, 0.5) is 5.69 Å². The molecule has 0 spiro atoms. The molecule has 1 aromatic carbocycles. The number of nitrogens with zero attached hydrogens (tertiary/aromatic N) is 2. The lowest BCUT2D eigenvalue weighted by Crippen LogP contribution is -2.33. The van der Waals surface area contributed by atoms with E-state index in [1.807, 2.05) is 23.5 Å². The second-order valence-corrected chi connectivity index (χ2v) is 6.03. The molecule has 0 amide bonds. The van der Waals surface area contributed by atoms with Crippen LogP contribution in [0, 0.1) is 18.3 Å². The third-order valence-electron chi connectivity index (χ3n) is 3.91. The van der Waals surface area contributed by atoms with Gasteiger partial charge in [-0.1, -0.05) is 0 Å². The van der Waals surface area contributed by atoms with Crippen molar-refractivity contribution in [1.82, 2.24) is 0 Å². The highest BCUT2D eigenvalue weighted by Gasteiger charge is 2.25. The van der Waals surface area contributed by atoms with Crippen LogP contribution >= 0.6 is 11.3 Å². The molecule has 0 radical (unpaired) electrons. The lowest BCUT2D eigenvalue weighted by Gasteiger charge is -2.36. The molecule has 96 valence electrons. The molecular weight excluding hydrogens is 252 g/mol. The average Bonchev–Trinajstić information content (AvgIpc) is 2.89. The van der Waals surface area contributed by atoms with Crippen LogP contribution in [-0.4, -0.2) is 6.54 Å². The lowest BCUT2D eigenvalue weighted by atomic mass is 9.99. The van der Waals surface area contributed by atoms with Crippen molar-refractivity contribution in [2.45, 2.75) is 26.3 Å². The number of fused-ring (bicyclic) bond motifs is 1. The van der Waals surface area contributed by atoms with Crippen molar-refractivity contribution in [2.75, 3.05) is 11.4 Å². The molecule has 3 heteroatoms. The van der Waals surface area contributed by atoms with Gasteiger partial charge in [-0.3, -0.25) is 0 Å². The zero-order valence-electron chi connectivity index (χ0n) is 11.2. The highest BCUT2D eigenvalue weighted by molar-refractivity contribution is 7.10. The Labute approximate surface area is 117 Å². The molecule has 0 bridgehead atoms. The van der Waals surface area contributed by atoms with Crippen LogP contribution in [0.25, 0.3) is 0 Å². The molecule has 1 atom stereocenters. The largest absolute Gasteiger partial charge is 0.364 e. The van der Waals surface area contributed by atoms with Crippen LogP contribution < -0.4 is 4.90 Å². The summed E-state index contributed by atoms with van der Waals surface area (Å²) in [5.41, 5.74) is 4.63. The minimum absolute atomic E-state index is 0.418. The predicted molar refractivity (Wildman–Crippen MR) is 79.7 cm³/mol. The van der Waals surface area contributed by atoms with Gasteiger partial charge < -0.3 is 4.90 Å². The van der Waals surface area contributed by atoms with Crippen molar-refractivity contribution >= 4 is 17.0 Å². The molecule has 2 aromatic rings. The molecule has 0 N–H and O–H groups in total. The van der Waals surface area contributed by atoms with Crippen molar-refractivity contribution in [1.29, 1.82) is 5.26 Å². The quantitative estimate of drug-likeness (QED) is 0.780. The number of benzene rings is 1. The summed E-state index contributed by atoms with van der Waals surface area (Å²) in [5, 5.41) is 11.1. The van der Waals surface area contributed by atoms with Crippen molar-refractivity contribution in [2.24, 2.45) is 0 Å². The predicted octanol–water partition coefficient (Wildman–Crippen LogP) is 4.05. The van der Waals surface area contributed by atoms with Gasteiger partial charge in [0, 0.05) is 17.1 Å². The van der Waals surface area contributed by atoms with Gasteiger partial charge in [0.15, 0.2) is 0 Å². The summed E-state index contributed by atoms with van der Waals surface area (Å²) in [6.07, 6.45) is 1.12. The standard InChI is InChI=1S/C16H16N2S/c1-11-9-13(10-17)3-4-15(11)18-7-5-16-14(12(18)2)6-8-19-16/h3-4,6,8-9,12H,5,7H2,1-2H3. The Morgan fingerprint density at radius 2 is 2.21 bits per heavy atom. The van der Waals surface area contributed by atoms with Crippen LogP contribution in [0.3, 0.4) is 0 Å². The Kier molecular flexibility index (Phi) is 3.04. The van der Waals surface area contributed by atoms with Gasteiger partial charge in [0.05, 0.1) is 17.7 Å². The van der Waals surface area contributed by atoms with Crippen molar-refractivity contribution < 1.29 is 0 Å². The number of aryl methyl sites for hydroxylation is 1. The molecule has 0 fully saturated rings. The van der Waals surface area contributed by atoms with Gasteiger partial charge in [0.1, 0.15) is 0 Å². The number of hydrogen-bond acceptors (Lipinski definition) is 3. The summed E-state index contributed by atoms with van der Waals surface area (Å²) in [6, 6.07) is 10.8. The Hall–Kier alpha value is -1.79. The topological polar surface area (TPSA) is 27.0 Å². The number of anilines is 1. The zero-order valence-corrected chi connectivity index (χ0v) is 12.0. The Bertz CT molecular complexity index is 651. The molecule has 2 heterocycles. The number of nitriles is 1. The highest BCUT2D eigenvalue weighted by atomic mass is 32.1. The van der Waals surface area contributed by atoms with E-state index in [1.54, 1.807) is 0 Å². The van der Waals surface area contributed by atoms with E-state index < -0.39 is 0 Å². The summed E-state index contributed by atoms with van der Waals surface area (Å²) >= 11 is 1.87. The fourth-order valence-electron chi connectivity index (χ4n) is 2.89. The van der Waals surface area contributed by atoms with Crippen LogP contribution in [0.5, 0.6) is 0 Å². The minimum Gasteiger partial charge on any atom is -0.364 e. The molecule has 1 aliphatic heterocycles. The third kappa shape index (κ3) is 2.02. The van der Waals surface area contributed by atoms with E-state index in [4.69, 9.17) is 5.26 Å². The zero-order chi connectivity index (χ0) is 13.4. The van der Waals surface area contributed by atoms with E-state index >= 15 is 0 Å². The molecular formula is C16H16N2S. The maximum atomic E-state index is 8.96. The van der Waals surface area contributed by atoms with Crippen molar-refractivity contribution in [3.05, 3.63) is 51.2 Å². The van der Waals surface area contributed by atoms with Gasteiger partial charge in [-0.2, -0.15) is 5.26 Å². The number of rotatable bonds is 1. The van der Waals surface area contributed by atoms with E-state index in [2.05, 4.69) is 42.3 Å². The maximum absolute atomic E-state index is 8.96. The molecule has 3 rings (SSSR count). The van der Waals surface area contributed by atoms with Crippen LogP contribution in [0.1, 0.15) is 34.5 Å². The first-order valence-electron chi connectivity index (χ1n) is 6.54. The van der Waals surface area contributed by atoms with Gasteiger partial charge in [-0.05, 0) is 61.0 Å². The van der Waals surface area contributed by atoms with E-state index in [0.29, 0.717) is 6.04 Å². The maximum Gasteiger partial charge on any atom is 0.0991 e. The SMILES string of the molecule is Cc1cc(C#N)ccc1N1CCc2sccc2C1C. The molecule has 0 saturated heterocycles. The number of hydrogen-bond donors (Lipinski definition) is 0.